The molecule has 0 amide bonds. The molecule has 0 aliphatic heterocycles. The van der Waals surface area contributed by atoms with Crippen LogP contribution in [0.15, 0.2) is 52.7 Å². The van der Waals surface area contributed by atoms with Crippen molar-refractivity contribution in [2.45, 2.75) is 6.92 Å². The molecule has 4 N–H and O–H groups in total. The number of benzene rings is 1. The molecular weight excluding hydrogens is 240 g/mol. The molecule has 1 aromatic carbocycles. The summed E-state index contributed by atoms with van der Waals surface area (Å²) in [6.07, 6.45) is 0. The van der Waals surface area contributed by atoms with Crippen molar-refractivity contribution in [1.29, 1.82) is 0 Å². The van der Waals surface area contributed by atoms with Crippen molar-refractivity contribution in [2.75, 3.05) is 0 Å². The minimum Gasteiger partial charge on any atom is -0.369 e. The van der Waals surface area contributed by atoms with Gasteiger partial charge < -0.3 is 11.5 Å². The van der Waals surface area contributed by atoms with Gasteiger partial charge in [-0.1, -0.05) is 30.3 Å². The Labute approximate surface area is 110 Å². The summed E-state index contributed by atoms with van der Waals surface area (Å²) in [5.41, 5.74) is 13.5. The molecule has 0 radical (unpaired) electrons. The molecule has 0 fully saturated rings. The monoisotopic (exact) mass is 254 g/mol. The van der Waals surface area contributed by atoms with Crippen molar-refractivity contribution < 1.29 is 0 Å². The van der Waals surface area contributed by atoms with E-state index in [2.05, 4.69) is 20.4 Å². The molecule has 6 nitrogen and oxygen atoms in total. The van der Waals surface area contributed by atoms with E-state index in [0.717, 1.165) is 11.3 Å². The number of nitrogens with two attached hydrogens (primary N) is 2. The SMILES string of the molecule is Cc1ccc(/C(=N\N=C(N)N)c2ccccc2)nn1. The third-order valence-electron chi connectivity index (χ3n) is 2.35. The van der Waals surface area contributed by atoms with Gasteiger partial charge in [0.25, 0.3) is 0 Å². The van der Waals surface area contributed by atoms with Crippen molar-refractivity contribution in [3.63, 3.8) is 0 Å². The Kier molecular flexibility index (Phi) is 3.82. The molecule has 6 heteroatoms. The van der Waals surface area contributed by atoms with Gasteiger partial charge in [-0.25, -0.2) is 0 Å². The zero-order chi connectivity index (χ0) is 13.7. The summed E-state index contributed by atoms with van der Waals surface area (Å²) in [5, 5.41) is 15.9. The lowest BCUT2D eigenvalue weighted by Gasteiger charge is -2.04. The predicted octanol–water partition coefficient (Wildman–Crippen LogP) is 0.811. The molecule has 96 valence electrons. The Hall–Kier alpha value is -2.76. The van der Waals surface area contributed by atoms with Gasteiger partial charge in [-0.15, -0.1) is 15.3 Å². The van der Waals surface area contributed by atoms with Crippen LogP contribution in [0.4, 0.5) is 0 Å². The van der Waals surface area contributed by atoms with Crippen LogP contribution in [0, 0.1) is 6.92 Å². The summed E-state index contributed by atoms with van der Waals surface area (Å²) in [5.74, 6) is -0.103. The second-order valence-corrected chi connectivity index (χ2v) is 3.90. The molecule has 0 atom stereocenters. The molecule has 0 saturated carbocycles. The minimum atomic E-state index is -0.103. The molecule has 1 aromatic heterocycles. The lowest BCUT2D eigenvalue weighted by molar-refractivity contribution is 0.967. The van der Waals surface area contributed by atoms with E-state index in [1.54, 1.807) is 0 Å². The Morgan fingerprint density at radius 2 is 1.68 bits per heavy atom. The molecule has 0 spiro atoms. The molecular formula is C13H14N6. The van der Waals surface area contributed by atoms with E-state index in [9.17, 15) is 0 Å². The van der Waals surface area contributed by atoms with Crippen LogP contribution in [0.3, 0.4) is 0 Å². The Balaban J connectivity index is 2.49. The standard InChI is InChI=1S/C13H14N6/c1-9-7-8-11(17-16-9)12(18-19-13(14)15)10-5-3-2-4-6-10/h2-8H,1H3,(H4,14,15,19)/b18-12-. The number of nitrogens with zero attached hydrogens (tertiary/aromatic N) is 4. The van der Waals surface area contributed by atoms with Gasteiger partial charge in [0.1, 0.15) is 11.4 Å². The summed E-state index contributed by atoms with van der Waals surface area (Å²) in [4.78, 5) is 0. The van der Waals surface area contributed by atoms with E-state index in [1.807, 2.05) is 49.4 Å². The first-order valence-corrected chi connectivity index (χ1v) is 5.69. The Bertz CT molecular complexity index is 597. The molecule has 0 unspecified atom stereocenters. The van der Waals surface area contributed by atoms with Gasteiger partial charge in [-0.05, 0) is 19.1 Å². The fourth-order valence-corrected chi connectivity index (χ4v) is 1.49. The quantitative estimate of drug-likeness (QED) is 0.480. The summed E-state index contributed by atoms with van der Waals surface area (Å²) >= 11 is 0. The van der Waals surface area contributed by atoms with Crippen molar-refractivity contribution >= 4 is 11.7 Å². The highest BCUT2D eigenvalue weighted by Crippen LogP contribution is 2.09. The molecule has 0 bridgehead atoms. The van der Waals surface area contributed by atoms with E-state index in [4.69, 9.17) is 11.5 Å². The van der Waals surface area contributed by atoms with E-state index in [1.165, 1.54) is 0 Å². The summed E-state index contributed by atoms with van der Waals surface area (Å²) < 4.78 is 0. The van der Waals surface area contributed by atoms with Gasteiger partial charge in [0.05, 0.1) is 5.69 Å². The minimum absolute atomic E-state index is 0.103. The lowest BCUT2D eigenvalue weighted by atomic mass is 10.1. The average Bonchev–Trinajstić information content (AvgIpc) is 2.42. The van der Waals surface area contributed by atoms with Crippen molar-refractivity contribution in [3.8, 4) is 0 Å². The zero-order valence-corrected chi connectivity index (χ0v) is 10.5. The number of hydrogen-bond acceptors (Lipinski definition) is 4. The second kappa shape index (κ2) is 5.72. The third-order valence-corrected chi connectivity index (χ3v) is 2.35. The van der Waals surface area contributed by atoms with Gasteiger partial charge in [0, 0.05) is 5.56 Å². The van der Waals surface area contributed by atoms with Crippen molar-refractivity contribution in [1.82, 2.24) is 10.2 Å². The highest BCUT2D eigenvalue weighted by molar-refractivity contribution is 6.11. The normalized spacial score (nSPS) is 11.1. The smallest absolute Gasteiger partial charge is 0.211 e. The molecule has 2 rings (SSSR count). The van der Waals surface area contributed by atoms with Crippen LogP contribution in [0.25, 0.3) is 0 Å². The maximum atomic E-state index is 5.31. The maximum Gasteiger partial charge on any atom is 0.211 e. The predicted molar refractivity (Wildman–Crippen MR) is 74.7 cm³/mol. The topological polar surface area (TPSA) is 103 Å². The molecule has 19 heavy (non-hydrogen) atoms. The van der Waals surface area contributed by atoms with E-state index >= 15 is 0 Å². The number of hydrogen-bond donors (Lipinski definition) is 2. The first-order valence-electron chi connectivity index (χ1n) is 5.69. The average molecular weight is 254 g/mol. The van der Waals surface area contributed by atoms with Gasteiger partial charge in [0.15, 0.2) is 0 Å². The van der Waals surface area contributed by atoms with Gasteiger partial charge in [-0.3, -0.25) is 0 Å². The van der Waals surface area contributed by atoms with Crippen LogP contribution < -0.4 is 11.5 Å². The van der Waals surface area contributed by atoms with Crippen LogP contribution >= 0.6 is 0 Å². The number of rotatable bonds is 3. The first kappa shape index (κ1) is 12.7. The molecule has 2 aromatic rings. The zero-order valence-electron chi connectivity index (χ0n) is 10.5. The summed E-state index contributed by atoms with van der Waals surface area (Å²) in [6, 6.07) is 13.2. The molecule has 0 aliphatic carbocycles. The number of aryl methyl sites for hydroxylation is 1. The Morgan fingerprint density at radius 3 is 2.26 bits per heavy atom. The maximum absolute atomic E-state index is 5.31. The van der Waals surface area contributed by atoms with E-state index in [-0.39, 0.29) is 5.96 Å². The molecule has 0 aliphatic rings. The molecule has 1 heterocycles. The largest absolute Gasteiger partial charge is 0.369 e. The third kappa shape index (κ3) is 3.35. The summed E-state index contributed by atoms with van der Waals surface area (Å²) in [6.45, 7) is 1.87. The number of aromatic nitrogens is 2. The lowest BCUT2D eigenvalue weighted by Crippen LogP contribution is -2.22. The highest BCUT2D eigenvalue weighted by Gasteiger charge is 2.08. The fourth-order valence-electron chi connectivity index (χ4n) is 1.49. The second-order valence-electron chi connectivity index (χ2n) is 3.90. The fraction of sp³-hybridized carbons (Fsp3) is 0.0769. The van der Waals surface area contributed by atoms with Gasteiger partial charge in [-0.2, -0.15) is 5.10 Å². The van der Waals surface area contributed by atoms with Crippen LogP contribution in [-0.4, -0.2) is 21.9 Å². The summed E-state index contributed by atoms with van der Waals surface area (Å²) in [7, 11) is 0. The molecule has 0 saturated heterocycles. The highest BCUT2D eigenvalue weighted by atomic mass is 15.3. The van der Waals surface area contributed by atoms with Crippen molar-refractivity contribution in [3.05, 3.63) is 59.4 Å². The van der Waals surface area contributed by atoms with Crippen LogP contribution in [0.5, 0.6) is 0 Å². The van der Waals surface area contributed by atoms with Crippen LogP contribution in [0.1, 0.15) is 17.0 Å². The van der Waals surface area contributed by atoms with E-state index in [0.29, 0.717) is 11.4 Å². The Morgan fingerprint density at radius 1 is 0.947 bits per heavy atom. The first-order chi connectivity index (χ1) is 9.16. The van der Waals surface area contributed by atoms with Gasteiger partial charge >= 0.3 is 0 Å². The van der Waals surface area contributed by atoms with Crippen molar-refractivity contribution in [2.24, 2.45) is 21.7 Å². The van der Waals surface area contributed by atoms with E-state index < -0.39 is 0 Å². The van der Waals surface area contributed by atoms with Gasteiger partial charge in [0.2, 0.25) is 5.96 Å². The number of guanidine groups is 1. The van der Waals surface area contributed by atoms with Crippen LogP contribution in [-0.2, 0) is 0 Å². The van der Waals surface area contributed by atoms with Crippen LogP contribution in [0.2, 0.25) is 0 Å².